The van der Waals surface area contributed by atoms with Crippen LogP contribution < -0.4 is 4.74 Å². The van der Waals surface area contributed by atoms with E-state index in [-0.39, 0.29) is 6.10 Å². The lowest BCUT2D eigenvalue weighted by Crippen LogP contribution is -2.48. The standard InChI is InChI=1S/C27H44O4Si/c1-20(2)32(21(3)4,22(5)6)31-17-23(7)27-14-11-25(19-30-27)15-16-29-18-24-9-12-26(28-8)13-10-24/h9-10,12-13,15,20-22,27H,7,11,14,16-19H2,1-6,8H3/b25-15-/t27-/m1/s1. The quantitative estimate of drug-likeness (QED) is 0.190. The summed E-state index contributed by atoms with van der Waals surface area (Å²) < 4.78 is 23.8. The van der Waals surface area contributed by atoms with Gasteiger partial charge in [-0.3, -0.25) is 0 Å². The molecule has 1 aromatic rings. The Morgan fingerprint density at radius 3 is 2.22 bits per heavy atom. The van der Waals surface area contributed by atoms with Gasteiger partial charge in [0, 0.05) is 0 Å². The maximum Gasteiger partial charge on any atom is 0.200 e. The van der Waals surface area contributed by atoms with Crippen LogP contribution in [0.2, 0.25) is 16.6 Å². The van der Waals surface area contributed by atoms with Crippen LogP contribution in [-0.4, -0.2) is 41.4 Å². The summed E-state index contributed by atoms with van der Waals surface area (Å²) in [4.78, 5) is 0. The van der Waals surface area contributed by atoms with Crippen LogP contribution in [0.25, 0.3) is 0 Å². The van der Waals surface area contributed by atoms with E-state index in [1.54, 1.807) is 7.11 Å². The highest BCUT2D eigenvalue weighted by Crippen LogP contribution is 2.42. The van der Waals surface area contributed by atoms with E-state index in [2.05, 4.69) is 54.2 Å². The molecule has 0 N–H and O–H groups in total. The van der Waals surface area contributed by atoms with Crippen molar-refractivity contribution in [3.05, 3.63) is 53.6 Å². The molecule has 5 heteroatoms. The molecule has 1 saturated heterocycles. The average Bonchev–Trinajstić information content (AvgIpc) is 2.77. The van der Waals surface area contributed by atoms with Gasteiger partial charge < -0.3 is 18.6 Å². The van der Waals surface area contributed by atoms with Crippen molar-refractivity contribution in [1.29, 1.82) is 0 Å². The molecule has 0 amide bonds. The topological polar surface area (TPSA) is 36.9 Å². The fourth-order valence-electron chi connectivity index (χ4n) is 5.05. The lowest BCUT2D eigenvalue weighted by atomic mass is 10.00. The molecule has 0 saturated carbocycles. The third-order valence-electron chi connectivity index (χ3n) is 6.79. The van der Waals surface area contributed by atoms with E-state index in [1.165, 1.54) is 5.57 Å². The Morgan fingerprint density at radius 1 is 1.09 bits per heavy atom. The summed E-state index contributed by atoms with van der Waals surface area (Å²) in [6, 6.07) is 7.98. The van der Waals surface area contributed by atoms with Gasteiger partial charge >= 0.3 is 0 Å². The third-order valence-corrected chi connectivity index (χ3v) is 12.8. The highest BCUT2D eigenvalue weighted by molar-refractivity contribution is 6.77. The third kappa shape index (κ3) is 7.05. The molecule has 0 unspecified atom stereocenters. The van der Waals surface area contributed by atoms with Gasteiger partial charge in [0.05, 0.1) is 39.6 Å². The van der Waals surface area contributed by atoms with E-state index in [1.807, 2.05) is 24.3 Å². The Hall–Kier alpha value is -1.40. The van der Waals surface area contributed by atoms with Crippen molar-refractivity contribution in [2.45, 2.75) is 83.7 Å². The molecule has 1 aliphatic heterocycles. The minimum Gasteiger partial charge on any atom is -0.497 e. The first-order chi connectivity index (χ1) is 15.2. The fourth-order valence-corrected chi connectivity index (χ4v) is 10.5. The first kappa shape index (κ1) is 26.8. The molecular formula is C27H44O4Si. The zero-order valence-corrected chi connectivity index (χ0v) is 22.3. The zero-order valence-electron chi connectivity index (χ0n) is 21.3. The summed E-state index contributed by atoms with van der Waals surface area (Å²) in [5.41, 5.74) is 5.27. The molecule has 0 aliphatic carbocycles. The molecule has 1 heterocycles. The SMILES string of the molecule is C=C(CO[Si](C(C)C)(C(C)C)C(C)C)[C@H]1CC/C(=C/COCc2ccc(OC)cc2)CO1. The van der Waals surface area contributed by atoms with E-state index < -0.39 is 8.32 Å². The normalized spacial score (nSPS) is 18.7. The van der Waals surface area contributed by atoms with Crippen LogP contribution in [0.1, 0.15) is 59.9 Å². The van der Waals surface area contributed by atoms with Crippen LogP contribution in [0, 0.1) is 0 Å². The van der Waals surface area contributed by atoms with Crippen molar-refractivity contribution < 1.29 is 18.6 Å². The zero-order chi connectivity index (χ0) is 23.7. The summed E-state index contributed by atoms with van der Waals surface area (Å²) in [5.74, 6) is 0.863. The first-order valence-corrected chi connectivity index (χ1v) is 14.2. The van der Waals surface area contributed by atoms with Gasteiger partial charge in [-0.2, -0.15) is 0 Å². The van der Waals surface area contributed by atoms with Gasteiger partial charge in [-0.1, -0.05) is 66.3 Å². The predicted molar refractivity (Wildman–Crippen MR) is 136 cm³/mol. The van der Waals surface area contributed by atoms with E-state index in [9.17, 15) is 0 Å². The number of benzene rings is 1. The van der Waals surface area contributed by atoms with Gasteiger partial charge in [0.1, 0.15) is 5.75 Å². The molecule has 180 valence electrons. The summed E-state index contributed by atoms with van der Waals surface area (Å²) in [6.07, 6.45) is 4.24. The lowest BCUT2D eigenvalue weighted by Gasteiger charge is -2.42. The highest BCUT2D eigenvalue weighted by atomic mass is 28.4. The molecule has 32 heavy (non-hydrogen) atoms. The molecule has 0 bridgehead atoms. The Balaban J connectivity index is 1.76. The maximum atomic E-state index is 6.71. The molecule has 4 nitrogen and oxygen atoms in total. The summed E-state index contributed by atoms with van der Waals surface area (Å²) in [7, 11) is -0.199. The second kappa shape index (κ2) is 12.7. The van der Waals surface area contributed by atoms with Crippen molar-refractivity contribution in [3.8, 4) is 5.75 Å². The average molecular weight is 461 g/mol. The van der Waals surface area contributed by atoms with Crippen molar-refractivity contribution >= 4 is 8.32 Å². The van der Waals surface area contributed by atoms with Crippen LogP contribution in [0.15, 0.2) is 48.1 Å². The minimum atomic E-state index is -1.87. The predicted octanol–water partition coefficient (Wildman–Crippen LogP) is 7.07. The Bertz CT molecular complexity index is 705. The first-order valence-electron chi connectivity index (χ1n) is 12.0. The van der Waals surface area contributed by atoms with Crippen molar-refractivity contribution in [3.63, 3.8) is 0 Å². The molecule has 1 fully saturated rings. The molecule has 0 radical (unpaired) electrons. The summed E-state index contributed by atoms with van der Waals surface area (Å²) >= 11 is 0. The molecule has 2 rings (SSSR count). The van der Waals surface area contributed by atoms with E-state index in [0.717, 1.165) is 29.7 Å². The van der Waals surface area contributed by atoms with Crippen LogP contribution in [0.3, 0.4) is 0 Å². The van der Waals surface area contributed by atoms with Crippen LogP contribution in [0.5, 0.6) is 5.75 Å². The van der Waals surface area contributed by atoms with Crippen molar-refractivity contribution in [2.75, 3.05) is 26.9 Å². The molecular weight excluding hydrogens is 416 g/mol. The van der Waals surface area contributed by atoms with Gasteiger partial charge in [0.15, 0.2) is 0 Å². The van der Waals surface area contributed by atoms with Crippen LogP contribution in [0.4, 0.5) is 0 Å². The number of methoxy groups -OCH3 is 1. The molecule has 1 atom stereocenters. The van der Waals surface area contributed by atoms with Crippen LogP contribution >= 0.6 is 0 Å². The second-order valence-electron chi connectivity index (χ2n) is 9.83. The maximum absolute atomic E-state index is 6.71. The highest BCUT2D eigenvalue weighted by Gasteiger charge is 2.45. The summed E-state index contributed by atoms with van der Waals surface area (Å²) in [5, 5.41) is 0. The van der Waals surface area contributed by atoms with Crippen molar-refractivity contribution in [1.82, 2.24) is 0 Å². The summed E-state index contributed by atoms with van der Waals surface area (Å²) in [6.45, 7) is 20.7. The smallest absolute Gasteiger partial charge is 0.200 e. The monoisotopic (exact) mass is 460 g/mol. The second-order valence-corrected chi connectivity index (χ2v) is 15.3. The fraction of sp³-hybridized carbons (Fsp3) is 0.630. The van der Waals surface area contributed by atoms with Gasteiger partial charge in [-0.15, -0.1) is 0 Å². The van der Waals surface area contributed by atoms with Crippen LogP contribution in [-0.2, 0) is 20.5 Å². The Morgan fingerprint density at radius 2 is 1.72 bits per heavy atom. The number of hydrogen-bond donors (Lipinski definition) is 0. The Labute approximate surface area is 197 Å². The van der Waals surface area contributed by atoms with E-state index >= 15 is 0 Å². The van der Waals surface area contributed by atoms with Gasteiger partial charge in [-0.05, 0) is 58.3 Å². The molecule has 0 spiro atoms. The number of ether oxygens (including phenoxy) is 3. The minimum absolute atomic E-state index is 0.0885. The molecule has 0 aromatic heterocycles. The molecule has 1 aliphatic rings. The lowest BCUT2D eigenvalue weighted by molar-refractivity contribution is 0.0592. The number of hydrogen-bond acceptors (Lipinski definition) is 4. The van der Waals surface area contributed by atoms with E-state index in [4.69, 9.17) is 18.6 Å². The largest absolute Gasteiger partial charge is 0.497 e. The van der Waals surface area contributed by atoms with Gasteiger partial charge in [0.25, 0.3) is 0 Å². The van der Waals surface area contributed by atoms with E-state index in [0.29, 0.717) is 43.1 Å². The van der Waals surface area contributed by atoms with Crippen molar-refractivity contribution in [2.24, 2.45) is 0 Å². The molecule has 1 aromatic carbocycles. The van der Waals surface area contributed by atoms with Gasteiger partial charge in [0.2, 0.25) is 8.32 Å². The Kier molecular flexibility index (Phi) is 10.7. The van der Waals surface area contributed by atoms with Gasteiger partial charge in [-0.25, -0.2) is 0 Å². The number of rotatable bonds is 12.